The lowest BCUT2D eigenvalue weighted by Gasteiger charge is -2.28. The van der Waals surface area contributed by atoms with Gasteiger partial charge in [-0.2, -0.15) is 0 Å². The highest BCUT2D eigenvalue weighted by Crippen LogP contribution is 2.25. The molecule has 0 radical (unpaired) electrons. The maximum absolute atomic E-state index is 11.9. The Morgan fingerprint density at radius 2 is 2.21 bits per heavy atom. The third-order valence-electron chi connectivity index (χ3n) is 2.44. The lowest BCUT2D eigenvalue weighted by atomic mass is 10.3. The molecule has 0 bridgehead atoms. The Morgan fingerprint density at radius 3 is 2.86 bits per heavy atom. The molecule has 3 nitrogen and oxygen atoms in total. The van der Waals surface area contributed by atoms with Crippen molar-refractivity contribution in [2.45, 2.75) is 12.8 Å². The van der Waals surface area contributed by atoms with E-state index < -0.39 is 0 Å². The number of allylic oxidation sites excluding steroid dienone is 1. The van der Waals surface area contributed by atoms with E-state index in [2.05, 4.69) is 6.08 Å². The fourth-order valence-corrected chi connectivity index (χ4v) is 2.65. The molecule has 2 aliphatic heterocycles. The molecule has 78 valence electrons. The van der Waals surface area contributed by atoms with Gasteiger partial charge in [-0.25, -0.2) is 0 Å². The Balaban J connectivity index is 1.95. The number of carbonyl (C=O) groups is 1. The van der Waals surface area contributed by atoms with Crippen molar-refractivity contribution in [3.63, 3.8) is 0 Å². The molecule has 1 saturated heterocycles. The van der Waals surface area contributed by atoms with Crippen molar-refractivity contribution >= 4 is 17.7 Å². The molecule has 4 heteroatoms. The summed E-state index contributed by atoms with van der Waals surface area (Å²) in [5, 5.41) is 0. The van der Waals surface area contributed by atoms with E-state index in [9.17, 15) is 4.79 Å². The van der Waals surface area contributed by atoms with Crippen molar-refractivity contribution in [2.24, 2.45) is 0 Å². The van der Waals surface area contributed by atoms with Gasteiger partial charge in [0.25, 0.3) is 5.91 Å². The van der Waals surface area contributed by atoms with Crippen LogP contribution in [0.5, 0.6) is 0 Å². The Morgan fingerprint density at radius 1 is 1.43 bits per heavy atom. The zero-order valence-corrected chi connectivity index (χ0v) is 9.02. The molecular weight excluding hydrogens is 198 g/mol. The van der Waals surface area contributed by atoms with Crippen LogP contribution in [0.2, 0.25) is 0 Å². The van der Waals surface area contributed by atoms with Gasteiger partial charge in [0.1, 0.15) is 0 Å². The average Bonchev–Trinajstić information content (AvgIpc) is 2.30. The van der Waals surface area contributed by atoms with Gasteiger partial charge >= 0.3 is 0 Å². The molecule has 0 aliphatic carbocycles. The number of morpholine rings is 1. The van der Waals surface area contributed by atoms with Crippen LogP contribution in [-0.2, 0) is 9.53 Å². The van der Waals surface area contributed by atoms with Gasteiger partial charge in [0.05, 0.1) is 18.1 Å². The number of rotatable bonds is 1. The van der Waals surface area contributed by atoms with Gasteiger partial charge in [0.15, 0.2) is 0 Å². The Labute approximate surface area is 88.5 Å². The minimum absolute atomic E-state index is 0.206. The number of thioether (sulfide) groups is 1. The molecule has 1 fully saturated rings. The van der Waals surface area contributed by atoms with E-state index in [0.29, 0.717) is 13.2 Å². The third-order valence-corrected chi connectivity index (χ3v) is 3.59. The van der Waals surface area contributed by atoms with Gasteiger partial charge < -0.3 is 9.64 Å². The Bertz CT molecular complexity index is 247. The summed E-state index contributed by atoms with van der Waals surface area (Å²) in [6, 6.07) is 0. The van der Waals surface area contributed by atoms with Crippen molar-refractivity contribution in [3.05, 3.63) is 11.0 Å². The molecule has 0 aromatic heterocycles. The molecule has 0 N–H and O–H groups in total. The normalized spacial score (nSPS) is 23.1. The summed E-state index contributed by atoms with van der Waals surface area (Å²) < 4.78 is 5.22. The van der Waals surface area contributed by atoms with Crippen LogP contribution in [0.1, 0.15) is 12.8 Å². The van der Waals surface area contributed by atoms with E-state index in [-0.39, 0.29) is 5.91 Å². The minimum Gasteiger partial charge on any atom is -0.378 e. The Hall–Kier alpha value is -0.480. The molecule has 0 unspecified atom stereocenters. The summed E-state index contributed by atoms with van der Waals surface area (Å²) >= 11 is 1.69. The van der Waals surface area contributed by atoms with Crippen LogP contribution in [-0.4, -0.2) is 42.9 Å². The van der Waals surface area contributed by atoms with Gasteiger partial charge in [-0.15, -0.1) is 11.8 Å². The van der Waals surface area contributed by atoms with E-state index in [1.54, 1.807) is 11.8 Å². The molecule has 0 atom stereocenters. The van der Waals surface area contributed by atoms with Crippen molar-refractivity contribution in [2.75, 3.05) is 32.1 Å². The van der Waals surface area contributed by atoms with Crippen LogP contribution in [0.15, 0.2) is 11.0 Å². The fourth-order valence-electron chi connectivity index (χ4n) is 1.63. The molecule has 2 aliphatic rings. The largest absolute Gasteiger partial charge is 0.378 e. The summed E-state index contributed by atoms with van der Waals surface area (Å²) in [4.78, 5) is 14.8. The standard InChI is InChI=1S/C10H15NO2S/c12-10(9-3-1-2-8-14-9)11-4-6-13-7-5-11/h3H,1-2,4-8H2. The van der Waals surface area contributed by atoms with Crippen LogP contribution >= 0.6 is 11.8 Å². The van der Waals surface area contributed by atoms with E-state index in [0.717, 1.165) is 30.2 Å². The second kappa shape index (κ2) is 4.84. The lowest BCUT2D eigenvalue weighted by molar-refractivity contribution is -0.130. The van der Waals surface area contributed by atoms with E-state index in [4.69, 9.17) is 4.74 Å². The van der Waals surface area contributed by atoms with Crippen molar-refractivity contribution < 1.29 is 9.53 Å². The average molecular weight is 213 g/mol. The second-order valence-corrected chi connectivity index (χ2v) is 4.60. The molecule has 14 heavy (non-hydrogen) atoms. The second-order valence-electron chi connectivity index (χ2n) is 3.46. The number of nitrogens with zero attached hydrogens (tertiary/aromatic N) is 1. The van der Waals surface area contributed by atoms with Crippen LogP contribution in [0.3, 0.4) is 0 Å². The van der Waals surface area contributed by atoms with Crippen molar-refractivity contribution in [3.8, 4) is 0 Å². The lowest BCUT2D eigenvalue weighted by Crippen LogP contribution is -2.41. The molecule has 2 heterocycles. The maximum Gasteiger partial charge on any atom is 0.260 e. The first kappa shape index (κ1) is 10.1. The quantitative estimate of drug-likeness (QED) is 0.656. The van der Waals surface area contributed by atoms with E-state index in [1.165, 1.54) is 6.42 Å². The minimum atomic E-state index is 0.206. The highest BCUT2D eigenvalue weighted by atomic mass is 32.2. The molecule has 0 aromatic carbocycles. The number of carbonyl (C=O) groups excluding carboxylic acids is 1. The maximum atomic E-state index is 11.9. The predicted octanol–water partition coefficient (Wildman–Crippen LogP) is 1.26. The van der Waals surface area contributed by atoms with Crippen LogP contribution in [0.4, 0.5) is 0 Å². The van der Waals surface area contributed by atoms with Crippen LogP contribution in [0.25, 0.3) is 0 Å². The zero-order valence-electron chi connectivity index (χ0n) is 8.20. The molecule has 2 rings (SSSR count). The van der Waals surface area contributed by atoms with Gasteiger partial charge in [-0.1, -0.05) is 6.08 Å². The van der Waals surface area contributed by atoms with Crippen molar-refractivity contribution in [1.82, 2.24) is 4.90 Å². The summed E-state index contributed by atoms with van der Waals surface area (Å²) in [6.45, 7) is 2.86. The van der Waals surface area contributed by atoms with E-state index >= 15 is 0 Å². The first-order valence-electron chi connectivity index (χ1n) is 5.08. The molecular formula is C10H15NO2S. The number of hydrogen-bond acceptors (Lipinski definition) is 3. The first-order valence-corrected chi connectivity index (χ1v) is 6.06. The topological polar surface area (TPSA) is 29.5 Å². The zero-order chi connectivity index (χ0) is 9.80. The van der Waals surface area contributed by atoms with Crippen LogP contribution in [0, 0.1) is 0 Å². The highest BCUT2D eigenvalue weighted by Gasteiger charge is 2.21. The predicted molar refractivity (Wildman–Crippen MR) is 57.2 cm³/mol. The smallest absolute Gasteiger partial charge is 0.260 e. The van der Waals surface area contributed by atoms with Gasteiger partial charge in [0.2, 0.25) is 0 Å². The summed E-state index contributed by atoms with van der Waals surface area (Å²) in [6.07, 6.45) is 4.33. The van der Waals surface area contributed by atoms with Crippen LogP contribution < -0.4 is 0 Å². The first-order chi connectivity index (χ1) is 6.88. The van der Waals surface area contributed by atoms with Gasteiger partial charge in [0, 0.05) is 13.1 Å². The third kappa shape index (κ3) is 2.30. The molecule has 1 amide bonds. The fraction of sp³-hybridized carbons (Fsp3) is 0.700. The Kier molecular flexibility index (Phi) is 3.48. The van der Waals surface area contributed by atoms with E-state index in [1.807, 2.05) is 4.90 Å². The summed E-state index contributed by atoms with van der Waals surface area (Å²) in [5.74, 6) is 1.29. The molecule has 0 aromatic rings. The molecule has 0 saturated carbocycles. The van der Waals surface area contributed by atoms with Gasteiger partial charge in [-0.05, 0) is 18.6 Å². The number of amides is 1. The number of ether oxygens (including phenoxy) is 1. The summed E-state index contributed by atoms with van der Waals surface area (Å²) in [7, 11) is 0. The number of hydrogen-bond donors (Lipinski definition) is 0. The van der Waals surface area contributed by atoms with Crippen molar-refractivity contribution in [1.29, 1.82) is 0 Å². The highest BCUT2D eigenvalue weighted by molar-refractivity contribution is 8.04. The molecule has 0 spiro atoms. The SMILES string of the molecule is O=C(C1=CCCCS1)N1CCOCC1. The van der Waals surface area contributed by atoms with Gasteiger partial charge in [-0.3, -0.25) is 4.79 Å². The monoisotopic (exact) mass is 213 g/mol. The summed E-state index contributed by atoms with van der Waals surface area (Å²) in [5.41, 5.74) is 0.